The highest BCUT2D eigenvalue weighted by molar-refractivity contribution is 7.89. The number of sulfonamides is 1. The van der Waals surface area contributed by atoms with Crippen LogP contribution >= 0.6 is 0 Å². The lowest BCUT2D eigenvalue weighted by Gasteiger charge is -2.30. The summed E-state index contributed by atoms with van der Waals surface area (Å²) < 4.78 is 31.0. The summed E-state index contributed by atoms with van der Waals surface area (Å²) in [5.74, 6) is 0.453. The monoisotopic (exact) mass is 310 g/mol. The lowest BCUT2D eigenvalue weighted by molar-refractivity contribution is 0.0869. The van der Waals surface area contributed by atoms with Crippen molar-refractivity contribution in [1.29, 1.82) is 5.26 Å². The number of fused-ring (bicyclic) bond motifs is 1. The number of hydrogen-bond donors (Lipinski definition) is 1. The van der Waals surface area contributed by atoms with Crippen molar-refractivity contribution >= 4 is 10.0 Å². The Morgan fingerprint density at radius 3 is 2.86 bits per heavy atom. The van der Waals surface area contributed by atoms with Gasteiger partial charge in [0.05, 0.1) is 36.1 Å². The number of aliphatic hydroxyl groups excluding tert-OH is 1. The van der Waals surface area contributed by atoms with Gasteiger partial charge < -0.3 is 9.84 Å². The molecule has 0 aromatic heterocycles. The molecule has 0 radical (unpaired) electrons. The summed E-state index contributed by atoms with van der Waals surface area (Å²) in [7, 11) is -2.03. The van der Waals surface area contributed by atoms with Gasteiger partial charge in [0, 0.05) is 19.0 Å². The highest BCUT2D eigenvalue weighted by Gasteiger charge is 2.35. The molecule has 2 atom stereocenters. The van der Waals surface area contributed by atoms with Crippen molar-refractivity contribution in [3.8, 4) is 11.8 Å². The van der Waals surface area contributed by atoms with E-state index in [2.05, 4.69) is 0 Å². The molecule has 0 unspecified atom stereocenters. The van der Waals surface area contributed by atoms with E-state index < -0.39 is 22.2 Å². The van der Waals surface area contributed by atoms with Crippen LogP contribution in [0.5, 0.6) is 5.75 Å². The zero-order chi connectivity index (χ0) is 15.6. The maximum atomic E-state index is 12.1. The number of ether oxygens (including phenoxy) is 1. The fourth-order valence-corrected chi connectivity index (χ4v) is 3.46. The summed E-state index contributed by atoms with van der Waals surface area (Å²) >= 11 is 0. The van der Waals surface area contributed by atoms with Gasteiger partial charge in [-0.3, -0.25) is 0 Å². The molecule has 7 heteroatoms. The van der Waals surface area contributed by atoms with Crippen molar-refractivity contribution in [2.75, 3.05) is 19.4 Å². The van der Waals surface area contributed by atoms with E-state index >= 15 is 0 Å². The third-order valence-corrected chi connectivity index (χ3v) is 5.52. The molecule has 1 aliphatic heterocycles. The van der Waals surface area contributed by atoms with Gasteiger partial charge >= 0.3 is 0 Å². The zero-order valence-corrected chi connectivity index (χ0v) is 12.8. The standard InChI is InChI=1S/C14H18N2O4S/c1-3-21(18,19)16(2)14-11-8-10(9-15)4-5-13(11)20-7-6-12(14)17/h4-5,8,12,14,17H,3,6-7H2,1-2H3/t12-,14-/m0/s1. The van der Waals surface area contributed by atoms with E-state index in [0.717, 1.165) is 0 Å². The molecule has 1 aromatic rings. The minimum absolute atomic E-state index is 0.0547. The second kappa shape index (κ2) is 6.02. The Bertz CT molecular complexity index is 666. The van der Waals surface area contributed by atoms with Crippen molar-refractivity contribution in [1.82, 2.24) is 4.31 Å². The second-order valence-corrected chi connectivity index (χ2v) is 7.25. The number of likely N-dealkylation sites (N-methyl/N-ethyl adjacent to an activating group) is 1. The molecule has 1 aliphatic rings. The third-order valence-electron chi connectivity index (χ3n) is 3.69. The van der Waals surface area contributed by atoms with E-state index in [1.165, 1.54) is 11.4 Å². The van der Waals surface area contributed by atoms with Crippen LogP contribution < -0.4 is 4.74 Å². The van der Waals surface area contributed by atoms with Crippen molar-refractivity contribution in [3.63, 3.8) is 0 Å². The predicted molar refractivity (Wildman–Crippen MR) is 77.2 cm³/mol. The van der Waals surface area contributed by atoms with Gasteiger partial charge in [0.25, 0.3) is 0 Å². The van der Waals surface area contributed by atoms with Gasteiger partial charge in [0.2, 0.25) is 10.0 Å². The van der Waals surface area contributed by atoms with Crippen LogP contribution in [-0.4, -0.2) is 43.3 Å². The summed E-state index contributed by atoms with van der Waals surface area (Å²) in [6, 6.07) is 6.11. The minimum Gasteiger partial charge on any atom is -0.493 e. The molecule has 0 saturated heterocycles. The fraction of sp³-hybridized carbons (Fsp3) is 0.500. The van der Waals surface area contributed by atoms with E-state index in [9.17, 15) is 13.5 Å². The van der Waals surface area contributed by atoms with Gasteiger partial charge in [-0.25, -0.2) is 8.42 Å². The van der Waals surface area contributed by atoms with Crippen LogP contribution in [0, 0.1) is 11.3 Å². The normalized spacial score (nSPS) is 22.0. The highest BCUT2D eigenvalue weighted by atomic mass is 32.2. The molecule has 1 aromatic carbocycles. The van der Waals surface area contributed by atoms with E-state index in [1.54, 1.807) is 25.1 Å². The van der Waals surface area contributed by atoms with Gasteiger partial charge in [0.1, 0.15) is 5.75 Å². The largest absolute Gasteiger partial charge is 0.493 e. The molecule has 0 fully saturated rings. The Labute approximate surface area is 124 Å². The van der Waals surface area contributed by atoms with Crippen LogP contribution in [-0.2, 0) is 10.0 Å². The lowest BCUT2D eigenvalue weighted by atomic mass is 9.98. The first-order chi connectivity index (χ1) is 9.90. The molecule has 0 amide bonds. The van der Waals surface area contributed by atoms with Crippen molar-refractivity contribution in [2.45, 2.75) is 25.5 Å². The summed E-state index contributed by atoms with van der Waals surface area (Å²) in [4.78, 5) is 0. The molecule has 0 aliphatic carbocycles. The van der Waals surface area contributed by atoms with Crippen LogP contribution in [0.25, 0.3) is 0 Å². The zero-order valence-electron chi connectivity index (χ0n) is 12.0. The van der Waals surface area contributed by atoms with Gasteiger partial charge in [-0.15, -0.1) is 0 Å². The van der Waals surface area contributed by atoms with Crippen LogP contribution in [0.3, 0.4) is 0 Å². The first-order valence-corrected chi connectivity index (χ1v) is 8.32. The maximum absolute atomic E-state index is 12.1. The van der Waals surface area contributed by atoms with Gasteiger partial charge in [-0.05, 0) is 25.1 Å². The Morgan fingerprint density at radius 2 is 2.24 bits per heavy atom. The summed E-state index contributed by atoms with van der Waals surface area (Å²) in [5.41, 5.74) is 0.928. The number of nitrogens with zero attached hydrogens (tertiary/aromatic N) is 2. The summed E-state index contributed by atoms with van der Waals surface area (Å²) in [6.07, 6.45) is -0.559. The SMILES string of the molecule is CCS(=O)(=O)N(C)[C@H]1c2cc(C#N)ccc2OCC[C@@H]1O. The molecule has 2 rings (SSSR count). The highest BCUT2D eigenvalue weighted by Crippen LogP contribution is 2.37. The van der Waals surface area contributed by atoms with E-state index in [4.69, 9.17) is 10.00 Å². The first kappa shape index (κ1) is 15.8. The molecule has 1 N–H and O–H groups in total. The second-order valence-electron chi connectivity index (χ2n) is 4.93. The molecular weight excluding hydrogens is 292 g/mol. The van der Waals surface area contributed by atoms with E-state index in [1.807, 2.05) is 6.07 Å². The minimum atomic E-state index is -3.47. The number of nitriles is 1. The predicted octanol–water partition coefficient (Wildman–Crippen LogP) is 1.02. The first-order valence-electron chi connectivity index (χ1n) is 6.71. The molecule has 6 nitrogen and oxygen atoms in total. The van der Waals surface area contributed by atoms with Gasteiger partial charge in [-0.2, -0.15) is 9.57 Å². The quantitative estimate of drug-likeness (QED) is 0.900. The average molecular weight is 310 g/mol. The smallest absolute Gasteiger partial charge is 0.214 e. The Kier molecular flexibility index (Phi) is 4.52. The average Bonchev–Trinajstić information content (AvgIpc) is 2.63. The molecular formula is C14H18N2O4S. The van der Waals surface area contributed by atoms with Crippen molar-refractivity contribution in [2.24, 2.45) is 0 Å². The van der Waals surface area contributed by atoms with Gasteiger partial charge in [-0.1, -0.05) is 0 Å². The number of hydrogen-bond acceptors (Lipinski definition) is 5. The molecule has 21 heavy (non-hydrogen) atoms. The Hall–Kier alpha value is -1.62. The van der Waals surface area contributed by atoms with Crippen LogP contribution in [0.15, 0.2) is 18.2 Å². The van der Waals surface area contributed by atoms with Gasteiger partial charge in [0.15, 0.2) is 0 Å². The van der Waals surface area contributed by atoms with Crippen molar-refractivity contribution in [3.05, 3.63) is 29.3 Å². The number of aliphatic hydroxyl groups is 1. The third kappa shape index (κ3) is 3.02. The summed E-state index contributed by atoms with van der Waals surface area (Å²) in [5, 5.41) is 19.3. The Morgan fingerprint density at radius 1 is 1.52 bits per heavy atom. The van der Waals surface area contributed by atoms with Crippen molar-refractivity contribution < 1.29 is 18.3 Å². The van der Waals surface area contributed by atoms with E-state index in [-0.39, 0.29) is 5.75 Å². The maximum Gasteiger partial charge on any atom is 0.214 e. The van der Waals surface area contributed by atoms with Crippen LogP contribution in [0.1, 0.15) is 30.5 Å². The molecule has 0 spiro atoms. The number of rotatable bonds is 3. The topological polar surface area (TPSA) is 90.6 Å². The Balaban J connectivity index is 2.56. The summed E-state index contributed by atoms with van der Waals surface area (Å²) in [6.45, 7) is 1.86. The van der Waals surface area contributed by atoms with Crippen LogP contribution in [0.2, 0.25) is 0 Å². The molecule has 0 saturated carbocycles. The number of benzene rings is 1. The fourth-order valence-electron chi connectivity index (χ4n) is 2.45. The molecule has 0 bridgehead atoms. The van der Waals surface area contributed by atoms with E-state index in [0.29, 0.717) is 29.9 Å². The lowest BCUT2D eigenvalue weighted by Crippen LogP contribution is -2.38. The van der Waals surface area contributed by atoms with Crippen LogP contribution in [0.4, 0.5) is 0 Å². The molecule has 1 heterocycles. The molecule has 114 valence electrons.